The zero-order valence-corrected chi connectivity index (χ0v) is 13.6. The van der Waals surface area contributed by atoms with E-state index in [0.29, 0.717) is 18.0 Å². The molecule has 2 N–H and O–H groups in total. The van der Waals surface area contributed by atoms with Crippen molar-refractivity contribution >= 4 is 33.1 Å². The number of aryl methyl sites for hydroxylation is 1. The van der Waals surface area contributed by atoms with Gasteiger partial charge in [-0.1, -0.05) is 6.92 Å². The first kappa shape index (κ1) is 16.0. The van der Waals surface area contributed by atoms with Gasteiger partial charge in [-0.15, -0.1) is 11.3 Å². The molecule has 1 aromatic heterocycles. The van der Waals surface area contributed by atoms with Crippen molar-refractivity contribution in [1.82, 2.24) is 10.0 Å². The third-order valence-corrected chi connectivity index (χ3v) is 6.42. The smallest absolute Gasteiger partial charge is 0.242 e. The van der Waals surface area contributed by atoms with E-state index in [1.54, 1.807) is 11.8 Å². The summed E-state index contributed by atoms with van der Waals surface area (Å²) in [5, 5.41) is 5.16. The van der Waals surface area contributed by atoms with E-state index < -0.39 is 10.0 Å². The molecule has 0 radical (unpaired) electrons. The lowest BCUT2D eigenvalue weighted by Crippen LogP contribution is -2.30. The van der Waals surface area contributed by atoms with Gasteiger partial charge < -0.3 is 5.32 Å². The van der Waals surface area contributed by atoms with E-state index in [-0.39, 0.29) is 5.25 Å². The molecule has 1 unspecified atom stereocenters. The molecular formula is C11H20N2O2S3. The second-order valence-corrected chi connectivity index (χ2v) is 8.04. The van der Waals surface area contributed by atoms with Crippen LogP contribution >= 0.6 is 23.1 Å². The fourth-order valence-electron chi connectivity index (χ4n) is 1.51. The van der Waals surface area contributed by atoms with Crippen LogP contribution < -0.4 is 10.0 Å². The van der Waals surface area contributed by atoms with Crippen molar-refractivity contribution in [3.8, 4) is 0 Å². The van der Waals surface area contributed by atoms with Gasteiger partial charge >= 0.3 is 0 Å². The van der Waals surface area contributed by atoms with Crippen LogP contribution in [0.25, 0.3) is 0 Å². The van der Waals surface area contributed by atoms with Crippen molar-refractivity contribution < 1.29 is 8.42 Å². The number of thiophene rings is 1. The molecule has 18 heavy (non-hydrogen) atoms. The lowest BCUT2D eigenvalue weighted by Gasteiger charge is -2.12. The Morgan fingerprint density at radius 1 is 1.50 bits per heavy atom. The Kier molecular flexibility index (Phi) is 6.13. The lowest BCUT2D eigenvalue weighted by molar-refractivity contribution is 0.579. The van der Waals surface area contributed by atoms with Gasteiger partial charge in [-0.25, -0.2) is 13.1 Å². The molecular weight excluding hydrogens is 288 g/mol. The van der Waals surface area contributed by atoms with Crippen molar-refractivity contribution in [2.45, 2.75) is 30.5 Å². The first-order valence-electron chi connectivity index (χ1n) is 5.66. The summed E-state index contributed by atoms with van der Waals surface area (Å²) in [5.74, 6) is 0. The Morgan fingerprint density at radius 2 is 2.17 bits per heavy atom. The van der Waals surface area contributed by atoms with Gasteiger partial charge in [0.25, 0.3) is 0 Å². The van der Waals surface area contributed by atoms with Gasteiger partial charge in [0.2, 0.25) is 10.0 Å². The van der Waals surface area contributed by atoms with Crippen LogP contribution in [-0.2, 0) is 16.6 Å². The monoisotopic (exact) mass is 308 g/mol. The van der Waals surface area contributed by atoms with Crippen LogP contribution in [-0.4, -0.2) is 33.5 Å². The zero-order chi connectivity index (χ0) is 13.8. The molecule has 0 aliphatic rings. The average Bonchev–Trinajstić information content (AvgIpc) is 2.69. The van der Waals surface area contributed by atoms with E-state index in [1.165, 1.54) is 11.3 Å². The molecule has 0 aromatic carbocycles. The van der Waals surface area contributed by atoms with E-state index in [0.717, 1.165) is 10.4 Å². The van der Waals surface area contributed by atoms with Crippen molar-refractivity contribution in [3.63, 3.8) is 0 Å². The first-order chi connectivity index (χ1) is 8.42. The fourth-order valence-corrected chi connectivity index (χ4v) is 4.82. The highest BCUT2D eigenvalue weighted by Crippen LogP contribution is 2.26. The average molecular weight is 308 g/mol. The van der Waals surface area contributed by atoms with Crippen LogP contribution in [0.1, 0.15) is 17.4 Å². The quantitative estimate of drug-likeness (QED) is 0.806. The molecule has 0 aliphatic carbocycles. The largest absolute Gasteiger partial charge is 0.315 e. The van der Waals surface area contributed by atoms with Crippen LogP contribution in [0.3, 0.4) is 0 Å². The summed E-state index contributed by atoms with van der Waals surface area (Å²) < 4.78 is 27.3. The predicted molar refractivity (Wildman–Crippen MR) is 80.0 cm³/mol. The third kappa shape index (κ3) is 3.96. The van der Waals surface area contributed by atoms with Crippen molar-refractivity contribution in [3.05, 3.63) is 15.8 Å². The van der Waals surface area contributed by atoms with Crippen molar-refractivity contribution in [2.24, 2.45) is 0 Å². The number of nitrogens with one attached hydrogen (secondary N) is 2. The normalized spacial score (nSPS) is 13.8. The molecule has 0 fully saturated rings. The SMILES string of the molecule is CNCc1scc(C)c1S(=O)(=O)NCC(C)SC. The molecule has 104 valence electrons. The number of hydrogen-bond donors (Lipinski definition) is 2. The summed E-state index contributed by atoms with van der Waals surface area (Å²) in [6.07, 6.45) is 1.97. The molecule has 0 saturated heterocycles. The summed E-state index contributed by atoms with van der Waals surface area (Å²) in [6.45, 7) is 4.87. The van der Waals surface area contributed by atoms with Crippen LogP contribution in [0.15, 0.2) is 10.3 Å². The highest BCUT2D eigenvalue weighted by molar-refractivity contribution is 7.99. The topological polar surface area (TPSA) is 58.2 Å². The van der Waals surface area contributed by atoms with E-state index >= 15 is 0 Å². The van der Waals surface area contributed by atoms with Gasteiger partial charge in [-0.3, -0.25) is 0 Å². The lowest BCUT2D eigenvalue weighted by atomic mass is 10.3. The molecule has 0 amide bonds. The molecule has 0 spiro atoms. The predicted octanol–water partition coefficient (Wildman–Crippen LogP) is 1.81. The summed E-state index contributed by atoms with van der Waals surface area (Å²) in [4.78, 5) is 1.30. The molecule has 4 nitrogen and oxygen atoms in total. The van der Waals surface area contributed by atoms with Crippen molar-refractivity contribution in [2.75, 3.05) is 19.8 Å². The van der Waals surface area contributed by atoms with Gasteiger partial charge in [0.15, 0.2) is 0 Å². The molecule has 1 aromatic rings. The second-order valence-electron chi connectivity index (χ2n) is 4.10. The van der Waals surface area contributed by atoms with E-state index in [9.17, 15) is 8.42 Å². The number of sulfonamides is 1. The molecule has 7 heteroatoms. The minimum Gasteiger partial charge on any atom is -0.315 e. The van der Waals surface area contributed by atoms with E-state index in [2.05, 4.69) is 10.0 Å². The summed E-state index contributed by atoms with van der Waals surface area (Å²) >= 11 is 3.13. The van der Waals surface area contributed by atoms with Crippen LogP contribution in [0.5, 0.6) is 0 Å². The minimum absolute atomic E-state index is 0.270. The Hall–Kier alpha value is -0.0800. The molecule has 0 saturated carbocycles. The molecule has 0 bridgehead atoms. The second kappa shape index (κ2) is 6.91. The maximum Gasteiger partial charge on any atom is 0.242 e. The van der Waals surface area contributed by atoms with Crippen molar-refractivity contribution in [1.29, 1.82) is 0 Å². The van der Waals surface area contributed by atoms with E-state index in [1.807, 2.05) is 32.5 Å². The maximum absolute atomic E-state index is 12.3. The van der Waals surface area contributed by atoms with Crippen LogP contribution in [0.4, 0.5) is 0 Å². The van der Waals surface area contributed by atoms with Gasteiger partial charge in [0, 0.05) is 23.2 Å². The highest BCUT2D eigenvalue weighted by atomic mass is 32.2. The summed E-state index contributed by atoms with van der Waals surface area (Å²) in [7, 11) is -1.58. The number of rotatable bonds is 7. The molecule has 1 rings (SSSR count). The Labute approximate surface area is 118 Å². The van der Waals surface area contributed by atoms with Crippen LogP contribution in [0.2, 0.25) is 0 Å². The van der Waals surface area contributed by atoms with Gasteiger partial charge in [0.05, 0.1) is 0 Å². The van der Waals surface area contributed by atoms with Gasteiger partial charge in [-0.2, -0.15) is 11.8 Å². The number of hydrogen-bond acceptors (Lipinski definition) is 5. The van der Waals surface area contributed by atoms with E-state index in [4.69, 9.17) is 0 Å². The van der Waals surface area contributed by atoms with Gasteiger partial charge in [0.1, 0.15) is 4.90 Å². The summed E-state index contributed by atoms with van der Waals surface area (Å²) in [6, 6.07) is 0. The molecule has 1 heterocycles. The standard InChI is InChI=1S/C11H20N2O2S3/c1-8-7-17-10(6-12-3)11(8)18(14,15)13-5-9(2)16-4/h7,9,12-13H,5-6H2,1-4H3. The highest BCUT2D eigenvalue weighted by Gasteiger charge is 2.22. The van der Waals surface area contributed by atoms with Gasteiger partial charge in [-0.05, 0) is 31.2 Å². The Balaban J connectivity index is 2.93. The minimum atomic E-state index is -3.40. The first-order valence-corrected chi connectivity index (χ1v) is 9.31. The Bertz CT molecular complexity index is 482. The fraction of sp³-hybridized carbons (Fsp3) is 0.636. The third-order valence-electron chi connectivity index (χ3n) is 2.56. The Morgan fingerprint density at radius 3 is 2.72 bits per heavy atom. The molecule has 1 atom stereocenters. The summed E-state index contributed by atoms with van der Waals surface area (Å²) in [5.41, 5.74) is 0.814. The number of thioether (sulfide) groups is 1. The van der Waals surface area contributed by atoms with Crippen LogP contribution in [0, 0.1) is 6.92 Å². The zero-order valence-electron chi connectivity index (χ0n) is 11.1. The maximum atomic E-state index is 12.3. The molecule has 0 aliphatic heterocycles.